The summed E-state index contributed by atoms with van der Waals surface area (Å²) in [6.45, 7) is 6.75. The number of carbonyl (C=O) groups excluding carboxylic acids is 1. The molecule has 2 aromatic carbocycles. The molecule has 0 aliphatic rings. The monoisotopic (exact) mass is 318 g/mol. The molecule has 3 heteroatoms. The molecule has 0 saturated heterocycles. The highest BCUT2D eigenvalue weighted by molar-refractivity contribution is 5.97. The van der Waals surface area contributed by atoms with Crippen molar-refractivity contribution in [2.45, 2.75) is 32.9 Å². The number of para-hydroxylation sites is 1. The number of carbonyl (C=O) groups is 1. The van der Waals surface area contributed by atoms with Crippen LogP contribution in [0.3, 0.4) is 0 Å². The van der Waals surface area contributed by atoms with Gasteiger partial charge in [-0.3, -0.25) is 9.78 Å². The van der Waals surface area contributed by atoms with Crippen LogP contribution in [0.5, 0.6) is 0 Å². The average molecular weight is 318 g/mol. The molecule has 0 radical (unpaired) electrons. The van der Waals surface area contributed by atoms with Crippen LogP contribution in [0.2, 0.25) is 0 Å². The van der Waals surface area contributed by atoms with Gasteiger partial charge in [0.15, 0.2) is 0 Å². The quantitative estimate of drug-likeness (QED) is 0.703. The van der Waals surface area contributed by atoms with E-state index in [1.54, 1.807) is 6.20 Å². The van der Waals surface area contributed by atoms with Gasteiger partial charge in [-0.25, -0.2) is 0 Å². The van der Waals surface area contributed by atoms with Crippen molar-refractivity contribution in [2.75, 3.05) is 0 Å². The van der Waals surface area contributed by atoms with E-state index >= 15 is 0 Å². The van der Waals surface area contributed by atoms with Crippen LogP contribution in [-0.2, 0) is 6.54 Å². The van der Waals surface area contributed by atoms with Crippen LogP contribution in [0.1, 0.15) is 36.7 Å². The molecule has 1 amide bonds. The molecule has 3 rings (SSSR count). The molecule has 0 atom stereocenters. The molecule has 3 aromatic rings. The Kier molecular flexibility index (Phi) is 4.34. The van der Waals surface area contributed by atoms with E-state index in [0.29, 0.717) is 12.1 Å². The second kappa shape index (κ2) is 6.44. The standard InChI is InChI=1S/C21H22N2O/c1-21(2,3)23(15-16-9-5-4-6-10-16)20(24)18-13-17-11-7-8-12-19(17)22-14-18/h4-14H,15H2,1-3H3. The van der Waals surface area contributed by atoms with Gasteiger partial charge in [-0.2, -0.15) is 0 Å². The van der Waals surface area contributed by atoms with E-state index in [1.165, 1.54) is 0 Å². The molecule has 1 heterocycles. The Labute approximate surface area is 143 Å². The van der Waals surface area contributed by atoms with Gasteiger partial charge in [0.1, 0.15) is 0 Å². The first kappa shape index (κ1) is 16.2. The Bertz CT molecular complexity index is 850. The fourth-order valence-electron chi connectivity index (χ4n) is 2.72. The first-order chi connectivity index (χ1) is 11.4. The van der Waals surface area contributed by atoms with Gasteiger partial charge in [0.25, 0.3) is 5.91 Å². The highest BCUT2D eigenvalue weighted by atomic mass is 16.2. The maximum atomic E-state index is 13.1. The summed E-state index contributed by atoms with van der Waals surface area (Å²) in [5.74, 6) is 0.00426. The van der Waals surface area contributed by atoms with Gasteiger partial charge >= 0.3 is 0 Å². The molecule has 0 aliphatic carbocycles. The predicted molar refractivity (Wildman–Crippen MR) is 97.8 cm³/mol. The van der Waals surface area contributed by atoms with Gasteiger partial charge in [0.05, 0.1) is 11.1 Å². The van der Waals surface area contributed by atoms with E-state index in [9.17, 15) is 4.79 Å². The summed E-state index contributed by atoms with van der Waals surface area (Å²) in [7, 11) is 0. The maximum absolute atomic E-state index is 13.1. The fourth-order valence-corrected chi connectivity index (χ4v) is 2.72. The predicted octanol–water partition coefficient (Wildman–Crippen LogP) is 4.68. The number of pyridine rings is 1. The summed E-state index contributed by atoms with van der Waals surface area (Å²) in [6, 6.07) is 19.9. The topological polar surface area (TPSA) is 33.2 Å². The molecule has 1 aromatic heterocycles. The lowest BCUT2D eigenvalue weighted by Crippen LogP contribution is -2.45. The number of hydrogen-bond donors (Lipinski definition) is 0. The third-order valence-corrected chi connectivity index (χ3v) is 4.08. The number of rotatable bonds is 3. The lowest BCUT2D eigenvalue weighted by molar-refractivity contribution is 0.0559. The fraction of sp³-hybridized carbons (Fsp3) is 0.238. The number of benzene rings is 2. The summed E-state index contributed by atoms with van der Waals surface area (Å²) in [6.07, 6.45) is 1.67. The Hall–Kier alpha value is -2.68. The minimum Gasteiger partial charge on any atom is -0.329 e. The summed E-state index contributed by atoms with van der Waals surface area (Å²) < 4.78 is 0. The van der Waals surface area contributed by atoms with Crippen molar-refractivity contribution in [3.8, 4) is 0 Å². The highest BCUT2D eigenvalue weighted by Crippen LogP contribution is 2.22. The van der Waals surface area contributed by atoms with Gasteiger partial charge in [-0.05, 0) is 38.5 Å². The Balaban J connectivity index is 1.95. The molecule has 0 aliphatic heterocycles. The molecule has 0 unspecified atom stereocenters. The number of hydrogen-bond acceptors (Lipinski definition) is 2. The summed E-state index contributed by atoms with van der Waals surface area (Å²) in [4.78, 5) is 19.4. The van der Waals surface area contributed by atoms with Crippen LogP contribution in [0.25, 0.3) is 10.9 Å². The molecule has 122 valence electrons. The van der Waals surface area contributed by atoms with Crippen LogP contribution in [0, 0.1) is 0 Å². The van der Waals surface area contributed by atoms with E-state index in [0.717, 1.165) is 16.5 Å². The molecule has 0 fully saturated rings. The minimum absolute atomic E-state index is 0.00426. The van der Waals surface area contributed by atoms with Crippen LogP contribution in [-0.4, -0.2) is 21.3 Å². The van der Waals surface area contributed by atoms with Gasteiger partial charge < -0.3 is 4.90 Å². The van der Waals surface area contributed by atoms with Crippen molar-refractivity contribution in [1.82, 2.24) is 9.88 Å². The van der Waals surface area contributed by atoms with Crippen molar-refractivity contribution < 1.29 is 4.79 Å². The third-order valence-electron chi connectivity index (χ3n) is 4.08. The van der Waals surface area contributed by atoms with Gasteiger partial charge in [0, 0.05) is 23.7 Å². The maximum Gasteiger partial charge on any atom is 0.256 e. The zero-order valence-electron chi connectivity index (χ0n) is 14.4. The smallest absolute Gasteiger partial charge is 0.256 e. The van der Waals surface area contributed by atoms with Crippen LogP contribution in [0.15, 0.2) is 66.9 Å². The van der Waals surface area contributed by atoms with Crippen LogP contribution < -0.4 is 0 Å². The largest absolute Gasteiger partial charge is 0.329 e. The van der Waals surface area contributed by atoms with Crippen molar-refractivity contribution in [1.29, 1.82) is 0 Å². The second-order valence-corrected chi connectivity index (χ2v) is 6.96. The molecule has 0 N–H and O–H groups in total. The van der Waals surface area contributed by atoms with E-state index in [4.69, 9.17) is 0 Å². The Morgan fingerprint density at radius 2 is 1.67 bits per heavy atom. The van der Waals surface area contributed by atoms with E-state index < -0.39 is 0 Å². The molecule has 0 spiro atoms. The molecule has 24 heavy (non-hydrogen) atoms. The van der Waals surface area contributed by atoms with E-state index in [-0.39, 0.29) is 11.4 Å². The van der Waals surface area contributed by atoms with Crippen molar-refractivity contribution >= 4 is 16.8 Å². The Morgan fingerprint density at radius 1 is 1.00 bits per heavy atom. The first-order valence-corrected chi connectivity index (χ1v) is 8.16. The van der Waals surface area contributed by atoms with Gasteiger partial charge in [-0.1, -0.05) is 48.5 Å². The molecule has 0 bridgehead atoms. The minimum atomic E-state index is -0.279. The lowest BCUT2D eigenvalue weighted by atomic mass is 10.0. The normalized spacial score (nSPS) is 11.5. The summed E-state index contributed by atoms with van der Waals surface area (Å²) in [5, 5.41) is 0.983. The zero-order valence-corrected chi connectivity index (χ0v) is 14.4. The van der Waals surface area contributed by atoms with Crippen molar-refractivity contribution in [3.63, 3.8) is 0 Å². The molecular formula is C21H22N2O. The number of fused-ring (bicyclic) bond motifs is 1. The second-order valence-electron chi connectivity index (χ2n) is 6.96. The SMILES string of the molecule is CC(C)(C)N(Cc1ccccc1)C(=O)c1cnc2ccccc2c1. The third kappa shape index (κ3) is 3.46. The summed E-state index contributed by atoms with van der Waals surface area (Å²) in [5.41, 5.74) is 2.37. The Morgan fingerprint density at radius 3 is 2.38 bits per heavy atom. The number of aromatic nitrogens is 1. The van der Waals surface area contributed by atoms with Crippen molar-refractivity contribution in [3.05, 3.63) is 78.0 Å². The van der Waals surface area contributed by atoms with Gasteiger partial charge in [0.2, 0.25) is 0 Å². The van der Waals surface area contributed by atoms with Gasteiger partial charge in [-0.15, -0.1) is 0 Å². The molecule has 0 saturated carbocycles. The highest BCUT2D eigenvalue weighted by Gasteiger charge is 2.27. The van der Waals surface area contributed by atoms with Crippen LogP contribution >= 0.6 is 0 Å². The zero-order chi connectivity index (χ0) is 17.2. The van der Waals surface area contributed by atoms with E-state index in [1.807, 2.05) is 65.6 Å². The van der Waals surface area contributed by atoms with E-state index in [2.05, 4.69) is 25.8 Å². The average Bonchev–Trinajstić information content (AvgIpc) is 2.58. The first-order valence-electron chi connectivity index (χ1n) is 8.16. The molecule has 3 nitrogen and oxygen atoms in total. The summed E-state index contributed by atoms with van der Waals surface area (Å²) >= 11 is 0. The molecular weight excluding hydrogens is 296 g/mol. The number of nitrogens with zero attached hydrogens (tertiary/aromatic N) is 2. The number of amides is 1. The van der Waals surface area contributed by atoms with Crippen molar-refractivity contribution in [2.24, 2.45) is 0 Å². The lowest BCUT2D eigenvalue weighted by Gasteiger charge is -2.36. The van der Waals surface area contributed by atoms with Crippen LogP contribution in [0.4, 0.5) is 0 Å².